The van der Waals surface area contributed by atoms with Crippen LogP contribution in [0.2, 0.25) is 5.02 Å². The molecule has 3 aromatic carbocycles. The molecule has 0 aliphatic carbocycles. The average Bonchev–Trinajstić information content (AvgIpc) is 3.13. The number of nitrogens with one attached hydrogen (secondary N) is 1. The van der Waals surface area contributed by atoms with Crippen LogP contribution in [0.25, 0.3) is 11.1 Å². The van der Waals surface area contributed by atoms with E-state index in [1.165, 1.54) is 12.1 Å². The first-order chi connectivity index (χ1) is 12.2. The van der Waals surface area contributed by atoms with Crippen molar-refractivity contribution >= 4 is 17.3 Å². The van der Waals surface area contributed by atoms with E-state index >= 15 is 0 Å². The molecule has 124 valence electrons. The van der Waals surface area contributed by atoms with E-state index in [2.05, 4.69) is 28.6 Å². The number of nitrogens with zero attached hydrogens (tertiary/aromatic N) is 1. The number of hydrazine groups is 1. The average molecular weight is 351 g/mol. The monoisotopic (exact) mass is 350 g/mol. The van der Waals surface area contributed by atoms with Crippen LogP contribution in [0.15, 0.2) is 85.1 Å². The van der Waals surface area contributed by atoms with E-state index in [9.17, 15) is 4.39 Å². The van der Waals surface area contributed by atoms with Gasteiger partial charge in [-0.3, -0.25) is 5.01 Å². The van der Waals surface area contributed by atoms with Crippen molar-refractivity contribution in [1.82, 2.24) is 5.43 Å². The fraction of sp³-hybridized carbons (Fsp3) is 0.0476. The van der Waals surface area contributed by atoms with E-state index in [1.54, 1.807) is 0 Å². The Kier molecular flexibility index (Phi) is 4.16. The minimum absolute atomic E-state index is 0.00551. The van der Waals surface area contributed by atoms with Gasteiger partial charge in [-0.05, 0) is 47.5 Å². The summed E-state index contributed by atoms with van der Waals surface area (Å²) in [4.78, 5) is 0. The van der Waals surface area contributed by atoms with Crippen LogP contribution in [0.3, 0.4) is 0 Å². The van der Waals surface area contributed by atoms with Crippen molar-refractivity contribution in [2.45, 2.75) is 6.04 Å². The summed E-state index contributed by atoms with van der Waals surface area (Å²) in [5, 5.41) is 2.79. The molecule has 1 unspecified atom stereocenters. The molecule has 2 nitrogen and oxygen atoms in total. The van der Waals surface area contributed by atoms with Crippen molar-refractivity contribution in [2.24, 2.45) is 0 Å². The molecule has 0 saturated carbocycles. The van der Waals surface area contributed by atoms with Gasteiger partial charge in [0.15, 0.2) is 0 Å². The summed E-state index contributed by atoms with van der Waals surface area (Å²) in [6.45, 7) is 0. The third kappa shape index (κ3) is 3.11. The Morgan fingerprint density at radius 3 is 2.36 bits per heavy atom. The van der Waals surface area contributed by atoms with Gasteiger partial charge < -0.3 is 5.43 Å². The van der Waals surface area contributed by atoms with Crippen molar-refractivity contribution in [3.63, 3.8) is 0 Å². The topological polar surface area (TPSA) is 15.3 Å². The molecule has 1 heterocycles. The smallest absolute Gasteiger partial charge is 0.123 e. The van der Waals surface area contributed by atoms with E-state index in [-0.39, 0.29) is 11.9 Å². The molecule has 1 atom stereocenters. The SMILES string of the molecule is Fc1ccc(C2C=CNN2c2ccccc2-c2ccc(Cl)cc2)cc1. The number of benzene rings is 3. The molecule has 0 radical (unpaired) electrons. The zero-order valence-corrected chi connectivity index (χ0v) is 14.1. The van der Waals surface area contributed by atoms with Crippen LogP contribution in [0.4, 0.5) is 10.1 Å². The standard InChI is InChI=1S/C21H16ClFN2/c22-17-9-5-15(6-10-17)19-3-1-2-4-21(19)25-20(13-14-24-25)16-7-11-18(23)12-8-16/h1-14,20,24H. The van der Waals surface area contributed by atoms with Gasteiger partial charge in [0.05, 0.1) is 11.7 Å². The largest absolute Gasteiger partial charge is 0.305 e. The molecule has 4 rings (SSSR count). The van der Waals surface area contributed by atoms with Crippen LogP contribution in [0.1, 0.15) is 11.6 Å². The van der Waals surface area contributed by atoms with Crippen LogP contribution in [-0.4, -0.2) is 0 Å². The number of anilines is 1. The third-order valence-electron chi connectivity index (χ3n) is 4.30. The van der Waals surface area contributed by atoms with Crippen molar-refractivity contribution in [1.29, 1.82) is 0 Å². The van der Waals surface area contributed by atoms with Crippen molar-refractivity contribution in [3.05, 3.63) is 101 Å². The molecule has 1 aliphatic rings. The van der Waals surface area contributed by atoms with Gasteiger partial charge in [0.2, 0.25) is 0 Å². The quantitative estimate of drug-likeness (QED) is 0.649. The molecule has 0 fully saturated rings. The van der Waals surface area contributed by atoms with Gasteiger partial charge in [0.1, 0.15) is 5.82 Å². The van der Waals surface area contributed by atoms with Crippen LogP contribution in [0.5, 0.6) is 0 Å². The van der Waals surface area contributed by atoms with E-state index in [0.29, 0.717) is 5.02 Å². The summed E-state index contributed by atoms with van der Waals surface area (Å²) in [5.74, 6) is -0.230. The minimum Gasteiger partial charge on any atom is -0.305 e. The molecule has 0 saturated heterocycles. The lowest BCUT2D eigenvalue weighted by molar-refractivity contribution is 0.625. The van der Waals surface area contributed by atoms with Crippen molar-refractivity contribution in [3.8, 4) is 11.1 Å². The van der Waals surface area contributed by atoms with Gasteiger partial charge in [-0.1, -0.05) is 54.1 Å². The third-order valence-corrected chi connectivity index (χ3v) is 4.55. The highest BCUT2D eigenvalue weighted by molar-refractivity contribution is 6.30. The van der Waals surface area contributed by atoms with Crippen molar-refractivity contribution < 1.29 is 4.39 Å². The zero-order chi connectivity index (χ0) is 17.2. The summed E-state index contributed by atoms with van der Waals surface area (Å²) in [7, 11) is 0. The number of hydrogen-bond acceptors (Lipinski definition) is 2. The lowest BCUT2D eigenvalue weighted by atomic mass is 10.0. The molecule has 0 amide bonds. The zero-order valence-electron chi connectivity index (χ0n) is 13.4. The van der Waals surface area contributed by atoms with Gasteiger partial charge >= 0.3 is 0 Å². The maximum Gasteiger partial charge on any atom is 0.123 e. The molecule has 0 aromatic heterocycles. The Hall–Kier alpha value is -2.78. The molecule has 0 bridgehead atoms. The van der Waals surface area contributed by atoms with Gasteiger partial charge in [-0.2, -0.15) is 0 Å². The van der Waals surface area contributed by atoms with Gasteiger partial charge in [-0.15, -0.1) is 0 Å². The predicted octanol–water partition coefficient (Wildman–Crippen LogP) is 5.73. The van der Waals surface area contributed by atoms with Crippen LogP contribution in [-0.2, 0) is 0 Å². The van der Waals surface area contributed by atoms with E-state index < -0.39 is 0 Å². The first-order valence-corrected chi connectivity index (χ1v) is 8.43. The Labute approximate surface area is 151 Å². The lowest BCUT2D eigenvalue weighted by Crippen LogP contribution is -2.32. The number of rotatable bonds is 3. The van der Waals surface area contributed by atoms with Crippen LogP contribution < -0.4 is 10.4 Å². The Balaban J connectivity index is 1.74. The van der Waals surface area contributed by atoms with Gasteiger partial charge in [0, 0.05) is 16.8 Å². The highest BCUT2D eigenvalue weighted by atomic mass is 35.5. The lowest BCUT2D eigenvalue weighted by Gasteiger charge is -2.29. The fourth-order valence-electron chi connectivity index (χ4n) is 3.08. The molecule has 25 heavy (non-hydrogen) atoms. The Morgan fingerprint density at radius 2 is 1.60 bits per heavy atom. The maximum absolute atomic E-state index is 13.3. The molecule has 0 spiro atoms. The summed E-state index contributed by atoms with van der Waals surface area (Å²) in [6.07, 6.45) is 3.97. The first kappa shape index (κ1) is 15.7. The predicted molar refractivity (Wildman–Crippen MR) is 101 cm³/mol. The van der Waals surface area contributed by atoms with Gasteiger partial charge in [-0.25, -0.2) is 4.39 Å². The minimum atomic E-state index is -0.230. The number of hydrogen-bond donors (Lipinski definition) is 1. The molecule has 3 aromatic rings. The molecular weight excluding hydrogens is 335 g/mol. The Bertz CT molecular complexity index is 904. The molecule has 1 N–H and O–H groups in total. The number of para-hydroxylation sites is 1. The van der Waals surface area contributed by atoms with E-state index in [1.807, 2.05) is 54.7 Å². The van der Waals surface area contributed by atoms with E-state index in [0.717, 1.165) is 22.4 Å². The maximum atomic E-state index is 13.3. The molecule has 4 heteroatoms. The normalized spacial score (nSPS) is 16.1. The molecule has 1 aliphatic heterocycles. The summed E-state index contributed by atoms with van der Waals surface area (Å²) in [6, 6.07) is 22.6. The van der Waals surface area contributed by atoms with Crippen molar-refractivity contribution in [2.75, 3.05) is 5.01 Å². The second-order valence-corrected chi connectivity index (χ2v) is 6.32. The number of halogens is 2. The Morgan fingerprint density at radius 1 is 0.880 bits per heavy atom. The summed E-state index contributed by atoms with van der Waals surface area (Å²) < 4.78 is 13.3. The van der Waals surface area contributed by atoms with Crippen LogP contribution in [0, 0.1) is 5.82 Å². The second-order valence-electron chi connectivity index (χ2n) is 5.88. The van der Waals surface area contributed by atoms with Crippen LogP contribution >= 0.6 is 11.6 Å². The first-order valence-electron chi connectivity index (χ1n) is 8.05. The molecular formula is C21H16ClFN2. The van der Waals surface area contributed by atoms with Gasteiger partial charge in [0.25, 0.3) is 0 Å². The highest BCUT2D eigenvalue weighted by Crippen LogP contribution is 2.37. The fourth-order valence-corrected chi connectivity index (χ4v) is 3.20. The van der Waals surface area contributed by atoms with E-state index in [4.69, 9.17) is 11.6 Å². The highest BCUT2D eigenvalue weighted by Gasteiger charge is 2.24. The summed E-state index contributed by atoms with van der Waals surface area (Å²) >= 11 is 6.02. The second kappa shape index (κ2) is 6.61. The summed E-state index contributed by atoms with van der Waals surface area (Å²) in [5.41, 5.74) is 7.55.